The smallest absolute Gasteiger partial charge is 0.307 e. The number of aliphatic carboxylic acids is 1. The summed E-state index contributed by atoms with van der Waals surface area (Å²) in [6.07, 6.45) is 3.07. The maximum atomic E-state index is 12.6. The van der Waals surface area contributed by atoms with E-state index in [0.29, 0.717) is 18.8 Å². The van der Waals surface area contributed by atoms with Crippen molar-refractivity contribution in [3.05, 3.63) is 29.3 Å². The molecule has 0 radical (unpaired) electrons. The van der Waals surface area contributed by atoms with Crippen molar-refractivity contribution in [1.82, 2.24) is 0 Å². The summed E-state index contributed by atoms with van der Waals surface area (Å²) < 4.78 is 0. The number of benzene rings is 1. The summed E-state index contributed by atoms with van der Waals surface area (Å²) in [4.78, 5) is 24.0. The number of amides is 1. The Balaban J connectivity index is 2.23. The number of carboxylic acid groups (broad SMARTS) is 1. The zero-order chi connectivity index (χ0) is 16.3. The van der Waals surface area contributed by atoms with Crippen LogP contribution in [0.4, 0.5) is 5.69 Å². The van der Waals surface area contributed by atoms with Gasteiger partial charge in [-0.2, -0.15) is 0 Å². The normalized spacial score (nSPS) is 21.6. The lowest BCUT2D eigenvalue weighted by Gasteiger charge is -2.28. The summed E-state index contributed by atoms with van der Waals surface area (Å²) in [7, 11) is 0. The highest BCUT2D eigenvalue weighted by atomic mass is 16.4. The molecule has 22 heavy (non-hydrogen) atoms. The minimum Gasteiger partial charge on any atom is -0.481 e. The van der Waals surface area contributed by atoms with Crippen LogP contribution in [0.3, 0.4) is 0 Å². The molecule has 1 amide bonds. The van der Waals surface area contributed by atoms with E-state index in [0.717, 1.165) is 29.7 Å². The number of carbonyl (C=O) groups is 2. The molecular weight excluding hydrogens is 278 g/mol. The van der Waals surface area contributed by atoms with Crippen LogP contribution in [0.1, 0.15) is 56.6 Å². The zero-order valence-corrected chi connectivity index (χ0v) is 13.6. The van der Waals surface area contributed by atoms with Crippen LogP contribution >= 0.6 is 0 Å². The maximum absolute atomic E-state index is 12.6. The van der Waals surface area contributed by atoms with Gasteiger partial charge in [-0.1, -0.05) is 44.9 Å². The zero-order valence-electron chi connectivity index (χ0n) is 13.6. The Morgan fingerprint density at radius 3 is 2.41 bits per heavy atom. The molecule has 0 bridgehead atoms. The molecule has 0 heterocycles. The van der Waals surface area contributed by atoms with Crippen molar-refractivity contribution >= 4 is 17.6 Å². The minimum absolute atomic E-state index is 0.150. The first kappa shape index (κ1) is 16.5. The van der Waals surface area contributed by atoms with Gasteiger partial charge < -0.3 is 10.4 Å². The Kier molecular flexibility index (Phi) is 5.22. The van der Waals surface area contributed by atoms with E-state index in [1.165, 1.54) is 0 Å². The molecule has 4 heteroatoms. The molecular formula is C18H25NO3. The van der Waals surface area contributed by atoms with Gasteiger partial charge in [0.1, 0.15) is 0 Å². The van der Waals surface area contributed by atoms with Crippen LogP contribution in [0.25, 0.3) is 0 Å². The Morgan fingerprint density at radius 1 is 1.18 bits per heavy atom. The van der Waals surface area contributed by atoms with Crippen molar-refractivity contribution in [2.24, 2.45) is 11.8 Å². The van der Waals surface area contributed by atoms with Crippen LogP contribution in [-0.4, -0.2) is 17.0 Å². The highest BCUT2D eigenvalue weighted by molar-refractivity contribution is 5.96. The first-order chi connectivity index (χ1) is 10.4. The van der Waals surface area contributed by atoms with Gasteiger partial charge in [-0.05, 0) is 36.8 Å². The molecule has 1 aromatic rings. The van der Waals surface area contributed by atoms with E-state index in [4.69, 9.17) is 0 Å². The molecule has 1 aromatic carbocycles. The summed E-state index contributed by atoms with van der Waals surface area (Å²) in [6.45, 7) is 6.15. The molecule has 1 aliphatic carbocycles. The fraction of sp³-hybridized carbons (Fsp3) is 0.556. The third kappa shape index (κ3) is 3.49. The van der Waals surface area contributed by atoms with Crippen molar-refractivity contribution in [2.45, 2.75) is 52.4 Å². The summed E-state index contributed by atoms with van der Waals surface area (Å²) in [6, 6.07) is 5.97. The second kappa shape index (κ2) is 6.95. The Labute approximate surface area is 131 Å². The van der Waals surface area contributed by atoms with Crippen LogP contribution < -0.4 is 5.32 Å². The number of carbonyl (C=O) groups excluding carboxylic acids is 1. The Morgan fingerprint density at radius 2 is 1.82 bits per heavy atom. The highest BCUT2D eigenvalue weighted by Crippen LogP contribution is 2.33. The second-order valence-corrected chi connectivity index (χ2v) is 6.52. The third-order valence-electron chi connectivity index (χ3n) is 4.60. The van der Waals surface area contributed by atoms with Gasteiger partial charge >= 0.3 is 5.97 Å². The largest absolute Gasteiger partial charge is 0.481 e. The van der Waals surface area contributed by atoms with Gasteiger partial charge in [0.25, 0.3) is 0 Å². The quantitative estimate of drug-likeness (QED) is 0.885. The van der Waals surface area contributed by atoms with E-state index in [9.17, 15) is 14.7 Å². The predicted molar refractivity (Wildman–Crippen MR) is 87.0 cm³/mol. The number of nitrogens with one attached hydrogen (secondary N) is 1. The van der Waals surface area contributed by atoms with E-state index < -0.39 is 17.8 Å². The van der Waals surface area contributed by atoms with Crippen molar-refractivity contribution in [3.8, 4) is 0 Å². The molecule has 120 valence electrons. The molecule has 4 nitrogen and oxygen atoms in total. The van der Waals surface area contributed by atoms with Crippen LogP contribution in [0.2, 0.25) is 0 Å². The number of rotatable bonds is 4. The van der Waals surface area contributed by atoms with Crippen LogP contribution in [0, 0.1) is 18.8 Å². The number of hydrogen-bond acceptors (Lipinski definition) is 2. The molecule has 2 N–H and O–H groups in total. The Bertz CT molecular complexity index is 565. The van der Waals surface area contributed by atoms with E-state index in [1.54, 1.807) is 0 Å². The lowest BCUT2D eigenvalue weighted by Crippen LogP contribution is -2.36. The number of aryl methyl sites for hydroxylation is 1. The monoisotopic (exact) mass is 303 g/mol. The molecule has 2 atom stereocenters. The number of carboxylic acids is 1. The SMILES string of the molecule is Cc1cccc(C(C)C)c1NC(=O)[C@@H]1CCCC[C@@H]1C(=O)O. The molecule has 0 aliphatic heterocycles. The molecule has 1 fully saturated rings. The van der Waals surface area contributed by atoms with Gasteiger partial charge in [-0.15, -0.1) is 0 Å². The van der Waals surface area contributed by atoms with Crippen molar-refractivity contribution in [3.63, 3.8) is 0 Å². The van der Waals surface area contributed by atoms with Gasteiger partial charge in [0.15, 0.2) is 0 Å². The first-order valence-electron chi connectivity index (χ1n) is 8.05. The molecule has 0 unspecified atom stereocenters. The second-order valence-electron chi connectivity index (χ2n) is 6.52. The Hall–Kier alpha value is -1.84. The van der Waals surface area contributed by atoms with Gasteiger partial charge in [0, 0.05) is 5.69 Å². The first-order valence-corrected chi connectivity index (χ1v) is 8.05. The van der Waals surface area contributed by atoms with Gasteiger partial charge in [-0.25, -0.2) is 0 Å². The molecule has 2 rings (SSSR count). The topological polar surface area (TPSA) is 66.4 Å². The summed E-state index contributed by atoms with van der Waals surface area (Å²) in [5.41, 5.74) is 2.95. The fourth-order valence-electron chi connectivity index (χ4n) is 3.30. The molecule has 0 spiro atoms. The van der Waals surface area contributed by atoms with Gasteiger partial charge in [-0.3, -0.25) is 9.59 Å². The number of para-hydroxylation sites is 1. The fourth-order valence-corrected chi connectivity index (χ4v) is 3.30. The van der Waals surface area contributed by atoms with E-state index in [2.05, 4.69) is 19.2 Å². The lowest BCUT2D eigenvalue weighted by atomic mass is 9.78. The summed E-state index contributed by atoms with van der Waals surface area (Å²) >= 11 is 0. The van der Waals surface area contributed by atoms with Crippen LogP contribution in [-0.2, 0) is 9.59 Å². The van der Waals surface area contributed by atoms with Gasteiger partial charge in [0.05, 0.1) is 11.8 Å². The molecule has 0 saturated heterocycles. The maximum Gasteiger partial charge on any atom is 0.307 e. The highest BCUT2D eigenvalue weighted by Gasteiger charge is 2.36. The molecule has 0 aromatic heterocycles. The van der Waals surface area contributed by atoms with Crippen LogP contribution in [0.5, 0.6) is 0 Å². The lowest BCUT2D eigenvalue weighted by molar-refractivity contribution is -0.147. The molecule has 1 saturated carbocycles. The average molecular weight is 303 g/mol. The van der Waals surface area contributed by atoms with E-state index in [-0.39, 0.29) is 5.91 Å². The number of hydrogen-bond donors (Lipinski definition) is 2. The van der Waals surface area contributed by atoms with E-state index >= 15 is 0 Å². The van der Waals surface area contributed by atoms with Crippen molar-refractivity contribution < 1.29 is 14.7 Å². The molecule has 1 aliphatic rings. The summed E-state index contributed by atoms with van der Waals surface area (Å²) in [5, 5.41) is 12.4. The predicted octanol–water partition coefficient (Wildman–Crippen LogP) is 3.95. The minimum atomic E-state index is -0.853. The number of anilines is 1. The van der Waals surface area contributed by atoms with Crippen molar-refractivity contribution in [1.29, 1.82) is 0 Å². The summed E-state index contributed by atoms with van der Waals surface area (Å²) in [5.74, 6) is -1.68. The van der Waals surface area contributed by atoms with E-state index in [1.807, 2.05) is 25.1 Å². The van der Waals surface area contributed by atoms with Crippen molar-refractivity contribution in [2.75, 3.05) is 5.32 Å². The van der Waals surface area contributed by atoms with Crippen LogP contribution in [0.15, 0.2) is 18.2 Å². The average Bonchev–Trinajstić information content (AvgIpc) is 2.48. The third-order valence-corrected chi connectivity index (χ3v) is 4.60. The standard InChI is InChI=1S/C18H25NO3/c1-11(2)13-10-6-7-12(3)16(13)19-17(20)14-8-4-5-9-15(14)18(21)22/h6-7,10-11,14-15H,4-5,8-9H2,1-3H3,(H,19,20)(H,21,22)/t14-,15+/m1/s1. The van der Waals surface area contributed by atoms with Gasteiger partial charge in [0.2, 0.25) is 5.91 Å².